The van der Waals surface area contributed by atoms with Crippen LogP contribution in [0.3, 0.4) is 0 Å². The van der Waals surface area contributed by atoms with Crippen LogP contribution in [0.25, 0.3) is 0 Å². The molecule has 0 aromatic heterocycles. The molecule has 7 nitrogen and oxygen atoms in total. The highest BCUT2D eigenvalue weighted by Gasteiger charge is 2.19. The Morgan fingerprint density at radius 1 is 1.13 bits per heavy atom. The molecule has 0 amide bonds. The minimum atomic E-state index is -0.695. The molecule has 2 aromatic carbocycles. The number of carbonyl (C=O) groups excluding carboxylic acids is 1. The van der Waals surface area contributed by atoms with Gasteiger partial charge in [0.15, 0.2) is 5.75 Å². The van der Waals surface area contributed by atoms with Gasteiger partial charge in [0.05, 0.1) is 24.2 Å². The van der Waals surface area contributed by atoms with Crippen LogP contribution in [0.4, 0.5) is 5.69 Å². The van der Waals surface area contributed by atoms with Crippen molar-refractivity contribution in [3.8, 4) is 17.2 Å². The van der Waals surface area contributed by atoms with Gasteiger partial charge in [-0.15, -0.1) is 0 Å². The van der Waals surface area contributed by atoms with Gasteiger partial charge in [-0.1, -0.05) is 0 Å². The third kappa shape index (κ3) is 3.97. The molecule has 2 aromatic rings. The molecule has 0 bridgehead atoms. The maximum atomic E-state index is 12.1. The Bertz CT molecular complexity index is 711. The number of ether oxygens (including phenoxy) is 3. The summed E-state index contributed by atoms with van der Waals surface area (Å²) in [5.41, 5.74) is -0.236. The van der Waals surface area contributed by atoms with Crippen molar-refractivity contribution in [1.82, 2.24) is 0 Å². The van der Waals surface area contributed by atoms with Crippen molar-refractivity contribution in [3.63, 3.8) is 0 Å². The third-order valence-corrected chi connectivity index (χ3v) is 2.96. The fraction of sp³-hybridized carbons (Fsp3) is 0.188. The first-order valence-corrected chi connectivity index (χ1v) is 6.82. The summed E-state index contributed by atoms with van der Waals surface area (Å²) >= 11 is 0. The number of hydrogen-bond donors (Lipinski definition) is 0. The molecule has 0 aliphatic heterocycles. The van der Waals surface area contributed by atoms with Gasteiger partial charge in [0.25, 0.3) is 0 Å². The van der Waals surface area contributed by atoms with E-state index in [1.165, 1.54) is 19.2 Å². The zero-order chi connectivity index (χ0) is 16.8. The molecule has 0 radical (unpaired) electrons. The summed E-state index contributed by atoms with van der Waals surface area (Å²) in [5, 5.41) is 11.0. The normalized spacial score (nSPS) is 10.0. The van der Waals surface area contributed by atoms with Crippen LogP contribution in [0.2, 0.25) is 0 Å². The van der Waals surface area contributed by atoms with Crippen LogP contribution in [0.1, 0.15) is 17.3 Å². The van der Waals surface area contributed by atoms with E-state index in [9.17, 15) is 14.9 Å². The van der Waals surface area contributed by atoms with E-state index >= 15 is 0 Å². The smallest absolute Gasteiger partial charge is 0.343 e. The van der Waals surface area contributed by atoms with Crippen molar-refractivity contribution in [2.45, 2.75) is 6.92 Å². The van der Waals surface area contributed by atoms with E-state index < -0.39 is 10.9 Å². The summed E-state index contributed by atoms with van der Waals surface area (Å²) in [5.74, 6) is 0.358. The van der Waals surface area contributed by atoms with E-state index in [4.69, 9.17) is 14.2 Å². The van der Waals surface area contributed by atoms with Crippen LogP contribution >= 0.6 is 0 Å². The summed E-state index contributed by atoms with van der Waals surface area (Å²) in [7, 11) is 1.32. The molecule has 2 rings (SSSR count). The van der Waals surface area contributed by atoms with E-state index in [2.05, 4.69) is 0 Å². The number of hydrogen-bond acceptors (Lipinski definition) is 6. The van der Waals surface area contributed by atoms with Gasteiger partial charge in [-0.2, -0.15) is 0 Å². The van der Waals surface area contributed by atoms with Gasteiger partial charge >= 0.3 is 11.7 Å². The summed E-state index contributed by atoms with van der Waals surface area (Å²) in [6.45, 7) is 2.40. The second-order valence-electron chi connectivity index (χ2n) is 4.44. The van der Waals surface area contributed by atoms with Gasteiger partial charge in [0.2, 0.25) is 0 Å². The van der Waals surface area contributed by atoms with Crippen molar-refractivity contribution < 1.29 is 23.9 Å². The SMILES string of the molecule is CCOc1ccc(OC(=O)c2ccc(OC)c([N+](=O)[O-])c2)cc1. The van der Waals surface area contributed by atoms with E-state index in [0.717, 1.165) is 6.07 Å². The number of rotatable bonds is 6. The number of esters is 1. The quantitative estimate of drug-likeness (QED) is 0.352. The fourth-order valence-corrected chi connectivity index (χ4v) is 1.90. The van der Waals surface area contributed by atoms with E-state index in [0.29, 0.717) is 18.1 Å². The predicted octanol–water partition coefficient (Wildman–Crippen LogP) is 3.22. The maximum Gasteiger partial charge on any atom is 0.343 e. The molecule has 0 aliphatic rings. The number of nitrogens with zero attached hydrogens (tertiary/aromatic N) is 1. The predicted molar refractivity (Wildman–Crippen MR) is 82.2 cm³/mol. The second kappa shape index (κ2) is 7.26. The van der Waals surface area contributed by atoms with Crippen LogP contribution in [-0.4, -0.2) is 24.6 Å². The first-order chi connectivity index (χ1) is 11.0. The Hall–Kier alpha value is -3.09. The molecular weight excluding hydrogens is 302 g/mol. The average Bonchev–Trinajstić information content (AvgIpc) is 2.56. The highest BCUT2D eigenvalue weighted by atomic mass is 16.6. The molecular formula is C16H15NO6. The van der Waals surface area contributed by atoms with Crippen molar-refractivity contribution in [2.24, 2.45) is 0 Å². The molecule has 0 fully saturated rings. The van der Waals surface area contributed by atoms with E-state index in [-0.39, 0.29) is 17.0 Å². The number of nitro benzene ring substituents is 1. The summed E-state index contributed by atoms with van der Waals surface area (Å²) in [6, 6.07) is 10.4. The molecule has 0 aliphatic carbocycles. The van der Waals surface area contributed by atoms with Crippen molar-refractivity contribution in [3.05, 3.63) is 58.1 Å². The van der Waals surface area contributed by atoms with Gasteiger partial charge < -0.3 is 14.2 Å². The first-order valence-electron chi connectivity index (χ1n) is 6.82. The summed E-state index contributed by atoms with van der Waals surface area (Å²) in [6.07, 6.45) is 0. The van der Waals surface area contributed by atoms with Crippen LogP contribution in [0.15, 0.2) is 42.5 Å². The number of carbonyl (C=O) groups is 1. The Morgan fingerprint density at radius 2 is 1.78 bits per heavy atom. The molecule has 0 atom stereocenters. The highest BCUT2D eigenvalue weighted by Crippen LogP contribution is 2.28. The van der Waals surface area contributed by atoms with Crippen molar-refractivity contribution in [2.75, 3.05) is 13.7 Å². The van der Waals surface area contributed by atoms with Crippen molar-refractivity contribution in [1.29, 1.82) is 0 Å². The van der Waals surface area contributed by atoms with Crippen LogP contribution < -0.4 is 14.2 Å². The lowest BCUT2D eigenvalue weighted by Crippen LogP contribution is -2.09. The molecule has 0 spiro atoms. The second-order valence-corrected chi connectivity index (χ2v) is 4.44. The fourth-order valence-electron chi connectivity index (χ4n) is 1.90. The van der Waals surface area contributed by atoms with Gasteiger partial charge in [-0.3, -0.25) is 10.1 Å². The third-order valence-electron chi connectivity index (χ3n) is 2.96. The molecule has 23 heavy (non-hydrogen) atoms. The monoisotopic (exact) mass is 317 g/mol. The molecule has 0 N–H and O–H groups in total. The van der Waals surface area contributed by atoms with E-state index in [1.54, 1.807) is 24.3 Å². The van der Waals surface area contributed by atoms with E-state index in [1.807, 2.05) is 6.92 Å². The minimum Gasteiger partial charge on any atom is -0.494 e. The molecule has 0 unspecified atom stereocenters. The van der Waals surface area contributed by atoms with Crippen LogP contribution in [0, 0.1) is 10.1 Å². The Balaban J connectivity index is 2.17. The maximum absolute atomic E-state index is 12.1. The molecule has 0 heterocycles. The molecule has 7 heteroatoms. The topological polar surface area (TPSA) is 87.9 Å². The molecule has 0 saturated carbocycles. The summed E-state index contributed by atoms with van der Waals surface area (Å²) < 4.78 is 15.4. The minimum absolute atomic E-state index is 0.0615. The Morgan fingerprint density at radius 3 is 2.35 bits per heavy atom. The number of benzene rings is 2. The first kappa shape index (κ1) is 16.3. The lowest BCUT2D eigenvalue weighted by atomic mass is 10.2. The van der Waals surface area contributed by atoms with Gasteiger partial charge in [0, 0.05) is 6.07 Å². The van der Waals surface area contributed by atoms with Gasteiger partial charge in [-0.25, -0.2) is 4.79 Å². The van der Waals surface area contributed by atoms with Crippen LogP contribution in [0.5, 0.6) is 17.2 Å². The van der Waals surface area contributed by atoms with Gasteiger partial charge in [-0.05, 0) is 43.3 Å². The van der Waals surface area contributed by atoms with Gasteiger partial charge in [0.1, 0.15) is 11.5 Å². The standard InChI is InChI=1S/C16H15NO6/c1-3-22-12-5-7-13(8-6-12)23-16(18)11-4-9-15(21-2)14(10-11)17(19)20/h4-10H,3H2,1-2H3. The van der Waals surface area contributed by atoms with Crippen molar-refractivity contribution >= 4 is 11.7 Å². The average molecular weight is 317 g/mol. The lowest BCUT2D eigenvalue weighted by Gasteiger charge is -2.07. The zero-order valence-corrected chi connectivity index (χ0v) is 12.6. The largest absolute Gasteiger partial charge is 0.494 e. The zero-order valence-electron chi connectivity index (χ0n) is 12.6. The highest BCUT2D eigenvalue weighted by molar-refractivity contribution is 5.92. The number of nitro groups is 1. The molecule has 120 valence electrons. The summed E-state index contributed by atoms with van der Waals surface area (Å²) in [4.78, 5) is 22.4. The van der Waals surface area contributed by atoms with Crippen LogP contribution in [-0.2, 0) is 0 Å². The Labute approximate surface area is 132 Å². The Kier molecular flexibility index (Phi) is 5.14. The lowest BCUT2D eigenvalue weighted by molar-refractivity contribution is -0.385. The molecule has 0 saturated heterocycles. The number of methoxy groups -OCH3 is 1.